The zero-order chi connectivity index (χ0) is 31.7. The quantitative estimate of drug-likeness (QED) is 0.191. The largest absolute Gasteiger partial charge is 0.572 e. The van der Waals surface area contributed by atoms with E-state index < -0.39 is 0 Å². The van der Waals surface area contributed by atoms with Gasteiger partial charge in [-0.1, -0.05) is 29.5 Å². The molecule has 0 amide bonds. The molecule has 10 heteroatoms. The van der Waals surface area contributed by atoms with Gasteiger partial charge in [0.2, 0.25) is 0 Å². The second-order valence-corrected chi connectivity index (χ2v) is 11.4. The maximum atomic E-state index is 4.76. The third kappa shape index (κ3) is 7.09. The Morgan fingerprint density at radius 1 is 0.783 bits per heavy atom. The molecule has 5 heterocycles. The molecule has 0 fully saturated rings. The fourth-order valence-electron chi connectivity index (χ4n) is 5.52. The first-order valence-electron chi connectivity index (χ1n) is 14.7. The molecule has 2 aliphatic rings. The van der Waals surface area contributed by atoms with Crippen LogP contribution in [-0.4, -0.2) is 43.5 Å². The van der Waals surface area contributed by atoms with E-state index in [0.29, 0.717) is 0 Å². The smallest absolute Gasteiger partial charge is 0.105 e. The van der Waals surface area contributed by atoms with E-state index in [4.69, 9.17) is 4.98 Å². The van der Waals surface area contributed by atoms with Gasteiger partial charge in [-0.15, -0.1) is 35.6 Å². The van der Waals surface area contributed by atoms with Crippen molar-refractivity contribution in [2.75, 3.05) is 23.9 Å². The van der Waals surface area contributed by atoms with Crippen molar-refractivity contribution in [3.63, 3.8) is 0 Å². The molecule has 0 spiro atoms. The van der Waals surface area contributed by atoms with Crippen LogP contribution in [0.4, 0.5) is 11.4 Å². The molecular weight excluding hydrogens is 751 g/mol. The molecule has 5 aromatic rings. The Labute approximate surface area is 285 Å². The first kappa shape index (κ1) is 32.7. The molecule has 239 valence electrons. The molecule has 3 aromatic heterocycles. The monoisotopic (exact) mass is 787 g/mol. The first-order chi connectivity index (χ1) is 21.6. The minimum Gasteiger partial charge on any atom is -0.572 e. The summed E-state index contributed by atoms with van der Waals surface area (Å²) in [5, 5.41) is 8.27. The minimum atomic E-state index is 0. The number of nitrogens with zero attached hydrogens (tertiary/aromatic N) is 9. The maximum Gasteiger partial charge on any atom is 0.105 e. The van der Waals surface area contributed by atoms with E-state index in [2.05, 4.69) is 66.3 Å². The van der Waals surface area contributed by atoms with Crippen molar-refractivity contribution in [3.05, 3.63) is 128 Å². The second kappa shape index (κ2) is 13.8. The Hall–Kier alpha value is -4.66. The zero-order valence-corrected chi connectivity index (χ0v) is 29.4. The minimum absolute atomic E-state index is 0. The van der Waals surface area contributed by atoms with Crippen molar-refractivity contribution >= 4 is 11.4 Å². The van der Waals surface area contributed by atoms with Crippen LogP contribution >= 0.6 is 0 Å². The standard InChI is InChI=1S/C22H21N5.C14H15N4.Ir/c1-13-8-14(2)21(15(3)9-13)18-11-17(6-7-23-18)20-12-27(5)22(24-20)19-10-16(4)25-26-19;1-15-6-8-17(11-15)13-4-3-5-14(10-13)18-9-7-16(2)12-18;/h7-12H,1-5H3;3-9,11-12H,1-2H3;/q-2;-3;. The van der Waals surface area contributed by atoms with Crippen molar-refractivity contribution in [1.29, 1.82) is 0 Å². The molecule has 0 saturated heterocycles. The summed E-state index contributed by atoms with van der Waals surface area (Å²) < 4.78 is 1.97. The van der Waals surface area contributed by atoms with E-state index in [1.165, 1.54) is 22.3 Å². The summed E-state index contributed by atoms with van der Waals surface area (Å²) >= 11 is 0. The van der Waals surface area contributed by atoms with Crippen molar-refractivity contribution in [2.45, 2.75) is 27.7 Å². The third-order valence-electron chi connectivity index (χ3n) is 7.54. The van der Waals surface area contributed by atoms with Crippen molar-refractivity contribution in [1.82, 2.24) is 34.5 Å². The predicted molar refractivity (Wildman–Crippen MR) is 179 cm³/mol. The van der Waals surface area contributed by atoms with Gasteiger partial charge >= 0.3 is 0 Å². The van der Waals surface area contributed by atoms with Crippen molar-refractivity contribution in [3.8, 4) is 34.0 Å². The van der Waals surface area contributed by atoms with Gasteiger partial charge in [-0.2, -0.15) is 31.0 Å². The average molecular weight is 787 g/mol. The number of imidazole rings is 1. The van der Waals surface area contributed by atoms with Gasteiger partial charge in [-0.05, 0) is 101 Å². The first-order valence-corrected chi connectivity index (χ1v) is 14.7. The molecule has 0 atom stereocenters. The van der Waals surface area contributed by atoms with Crippen molar-refractivity contribution in [2.24, 2.45) is 7.05 Å². The summed E-state index contributed by atoms with van der Waals surface area (Å²) in [4.78, 5) is 17.4. The third-order valence-corrected chi connectivity index (χ3v) is 7.54. The molecule has 9 nitrogen and oxygen atoms in total. The van der Waals surface area contributed by atoms with Crippen LogP contribution in [0.1, 0.15) is 22.4 Å². The van der Waals surface area contributed by atoms with E-state index in [9.17, 15) is 0 Å². The normalized spacial score (nSPS) is 13.7. The van der Waals surface area contributed by atoms with Gasteiger partial charge in [-0.25, -0.2) is 0 Å². The van der Waals surface area contributed by atoms with Gasteiger partial charge in [-0.3, -0.25) is 9.97 Å². The molecule has 0 bridgehead atoms. The van der Waals surface area contributed by atoms with Crippen LogP contribution < -0.4 is 14.9 Å². The fourth-order valence-corrected chi connectivity index (χ4v) is 5.52. The number of benzene rings is 2. The number of rotatable bonds is 5. The molecule has 2 aliphatic heterocycles. The van der Waals surface area contributed by atoms with E-state index in [-0.39, 0.29) is 20.1 Å². The van der Waals surface area contributed by atoms with Crippen LogP contribution in [0, 0.1) is 53.2 Å². The van der Waals surface area contributed by atoms with Crippen LogP contribution in [0.5, 0.6) is 0 Å². The molecule has 2 aromatic carbocycles. The van der Waals surface area contributed by atoms with Crippen LogP contribution in [0.15, 0.2) is 79.7 Å². The second-order valence-electron chi connectivity index (χ2n) is 11.4. The van der Waals surface area contributed by atoms with Crippen molar-refractivity contribution < 1.29 is 20.1 Å². The molecule has 0 aliphatic carbocycles. The molecule has 46 heavy (non-hydrogen) atoms. The number of aromatic nitrogens is 5. The van der Waals surface area contributed by atoms with E-state index >= 15 is 0 Å². The topological polar surface area (TPSA) is 70.7 Å². The Morgan fingerprint density at radius 2 is 1.41 bits per heavy atom. The van der Waals surface area contributed by atoms with Crippen LogP contribution in [0.3, 0.4) is 0 Å². The van der Waals surface area contributed by atoms with E-state index in [1.54, 1.807) is 6.20 Å². The summed E-state index contributed by atoms with van der Waals surface area (Å²) in [5.74, 6) is 0.792. The molecule has 0 unspecified atom stereocenters. The molecule has 0 N–H and O–H groups in total. The van der Waals surface area contributed by atoms with E-state index in [0.717, 1.165) is 45.5 Å². The van der Waals surface area contributed by atoms with Crippen LogP contribution in [0.25, 0.3) is 34.0 Å². The summed E-state index contributed by atoms with van der Waals surface area (Å²) in [7, 11) is 5.98. The summed E-state index contributed by atoms with van der Waals surface area (Å²) in [6.45, 7) is 12.3. The van der Waals surface area contributed by atoms with Gasteiger partial charge in [0, 0.05) is 38.5 Å². The number of aryl methyl sites for hydroxylation is 5. The van der Waals surface area contributed by atoms with E-state index in [1.807, 2.05) is 121 Å². The Morgan fingerprint density at radius 3 is 1.96 bits per heavy atom. The summed E-state index contributed by atoms with van der Waals surface area (Å²) in [6, 6.07) is 21.1. The predicted octanol–water partition coefficient (Wildman–Crippen LogP) is 6.37. The average Bonchev–Trinajstić information content (AvgIpc) is 3.82. The number of hydrogen-bond acceptors (Lipinski definition) is 7. The molecule has 1 radical (unpaired) electrons. The Balaban J connectivity index is 0.000000191. The van der Waals surface area contributed by atoms with Crippen LogP contribution in [0.2, 0.25) is 0 Å². The number of pyridine rings is 1. The molecular formula is C36H36IrN9-5. The zero-order valence-electron chi connectivity index (χ0n) is 27.0. The fraction of sp³-hybridized carbons (Fsp3) is 0.194. The number of anilines is 2. The summed E-state index contributed by atoms with van der Waals surface area (Å²) in [5.41, 5.74) is 11.3. The van der Waals surface area contributed by atoms with Gasteiger partial charge < -0.3 is 34.4 Å². The van der Waals surface area contributed by atoms with Gasteiger partial charge in [0.25, 0.3) is 0 Å². The number of hydrogen-bond donors (Lipinski definition) is 0. The molecule has 7 rings (SSSR count). The SMILES string of the molecule is CN1C=CN(c2[c-]c(N3C=CN(C)[CH-]3)ccc2)[CH-]1.Cc1cc(C)c(-c2cc(-c3cn(C)c(-c4cc(C)n[n-]4)n3)[c-]cn2)c(C)c1.[Ir]. The van der Waals surface area contributed by atoms with Gasteiger partial charge in [0.1, 0.15) is 5.82 Å². The maximum absolute atomic E-state index is 4.76. The Kier molecular flexibility index (Phi) is 9.79. The van der Waals surface area contributed by atoms with Crippen LogP contribution in [-0.2, 0) is 27.2 Å². The Bertz CT molecular complexity index is 1820. The molecule has 0 saturated carbocycles. The van der Waals surface area contributed by atoms with Gasteiger partial charge in [0.05, 0.1) is 0 Å². The van der Waals surface area contributed by atoms with Gasteiger partial charge in [0.15, 0.2) is 0 Å². The summed E-state index contributed by atoms with van der Waals surface area (Å²) in [6.07, 6.45) is 11.8.